The van der Waals surface area contributed by atoms with Crippen LogP contribution in [0.2, 0.25) is 0 Å². The molecule has 0 saturated heterocycles. The zero-order valence-corrected chi connectivity index (χ0v) is 12.1. The van der Waals surface area contributed by atoms with Crippen LogP contribution in [0.3, 0.4) is 0 Å². The van der Waals surface area contributed by atoms with E-state index in [1.54, 1.807) is 4.57 Å². The van der Waals surface area contributed by atoms with Gasteiger partial charge in [0.1, 0.15) is 11.7 Å². The quantitative estimate of drug-likeness (QED) is 0.798. The molecule has 0 bridgehead atoms. The third kappa shape index (κ3) is 3.70. The number of imidazole rings is 1. The normalized spacial score (nSPS) is 11.9. The van der Waals surface area contributed by atoms with E-state index >= 15 is 0 Å². The van der Waals surface area contributed by atoms with E-state index in [9.17, 15) is 9.59 Å². The average molecular weight is 303 g/mol. The van der Waals surface area contributed by atoms with Crippen molar-refractivity contribution in [3.63, 3.8) is 0 Å². The predicted molar refractivity (Wildman–Crippen MR) is 78.9 cm³/mol. The molecular weight excluding hydrogens is 286 g/mol. The number of carboxylic acids is 1. The van der Waals surface area contributed by atoms with Gasteiger partial charge in [-0.05, 0) is 12.1 Å². The summed E-state index contributed by atoms with van der Waals surface area (Å²) in [4.78, 5) is 27.4. The molecule has 2 N–H and O–H groups in total. The van der Waals surface area contributed by atoms with Crippen molar-refractivity contribution in [1.29, 1.82) is 0 Å². The molecule has 0 aliphatic carbocycles. The first kappa shape index (κ1) is 15.7. The lowest BCUT2D eigenvalue weighted by molar-refractivity contribution is -0.139. The number of aliphatic carboxylic acids is 1. The van der Waals surface area contributed by atoms with Gasteiger partial charge in [-0.25, -0.2) is 9.78 Å². The predicted octanol–water partition coefficient (Wildman–Crippen LogP) is 1.09. The van der Waals surface area contributed by atoms with Crippen LogP contribution in [0.15, 0.2) is 42.9 Å². The molecule has 22 heavy (non-hydrogen) atoms. The number of hydrogen-bond acceptors (Lipinski definition) is 4. The van der Waals surface area contributed by atoms with Crippen LogP contribution in [0.25, 0.3) is 5.69 Å². The second kappa shape index (κ2) is 7.37. The Hall–Kier alpha value is -2.67. The maximum atomic E-state index is 12.3. The van der Waals surface area contributed by atoms with E-state index in [-0.39, 0.29) is 18.7 Å². The maximum absolute atomic E-state index is 12.3. The first-order valence-corrected chi connectivity index (χ1v) is 6.74. The number of amides is 1. The Morgan fingerprint density at radius 3 is 2.73 bits per heavy atom. The van der Waals surface area contributed by atoms with Crippen molar-refractivity contribution in [1.82, 2.24) is 14.9 Å². The Morgan fingerprint density at radius 1 is 1.36 bits per heavy atom. The zero-order valence-electron chi connectivity index (χ0n) is 12.1. The van der Waals surface area contributed by atoms with Gasteiger partial charge in [-0.3, -0.25) is 9.36 Å². The van der Waals surface area contributed by atoms with Crippen molar-refractivity contribution in [2.45, 2.75) is 12.5 Å². The van der Waals surface area contributed by atoms with Gasteiger partial charge in [0.05, 0.1) is 12.5 Å². The van der Waals surface area contributed by atoms with Gasteiger partial charge in [-0.15, -0.1) is 0 Å². The molecular formula is C15H17N3O4. The van der Waals surface area contributed by atoms with Gasteiger partial charge in [0, 0.05) is 25.8 Å². The van der Waals surface area contributed by atoms with Crippen LogP contribution in [-0.4, -0.2) is 46.3 Å². The molecule has 0 aliphatic heterocycles. The lowest BCUT2D eigenvalue weighted by Crippen LogP contribution is -2.42. The van der Waals surface area contributed by atoms with E-state index in [0.717, 1.165) is 5.69 Å². The molecule has 1 aromatic carbocycles. The summed E-state index contributed by atoms with van der Waals surface area (Å²) < 4.78 is 6.46. The number of carboxylic acid groups (broad SMARTS) is 1. The van der Waals surface area contributed by atoms with E-state index in [1.165, 1.54) is 19.6 Å². The summed E-state index contributed by atoms with van der Waals surface area (Å²) in [6.45, 7) is 0.245. The number of nitrogens with zero attached hydrogens (tertiary/aromatic N) is 2. The summed E-state index contributed by atoms with van der Waals surface area (Å²) >= 11 is 0. The number of benzene rings is 1. The van der Waals surface area contributed by atoms with Crippen molar-refractivity contribution in [2.24, 2.45) is 0 Å². The number of rotatable bonds is 7. The number of carbonyl (C=O) groups is 2. The van der Waals surface area contributed by atoms with Gasteiger partial charge in [-0.1, -0.05) is 18.2 Å². The molecule has 0 spiro atoms. The molecule has 7 heteroatoms. The third-order valence-electron chi connectivity index (χ3n) is 3.12. The Kier molecular flexibility index (Phi) is 5.26. The van der Waals surface area contributed by atoms with E-state index < -0.39 is 17.9 Å². The number of aromatic nitrogens is 2. The molecule has 1 aromatic heterocycles. The average Bonchev–Trinajstić information content (AvgIpc) is 3.01. The third-order valence-corrected chi connectivity index (χ3v) is 3.12. The zero-order chi connectivity index (χ0) is 15.9. The monoisotopic (exact) mass is 303 g/mol. The minimum atomic E-state index is -1.10. The number of para-hydroxylation sites is 1. The number of hydrogen-bond donors (Lipinski definition) is 2. The minimum absolute atomic E-state index is 0.192. The van der Waals surface area contributed by atoms with E-state index in [2.05, 4.69) is 10.3 Å². The first-order chi connectivity index (χ1) is 10.6. The second-order valence-electron chi connectivity index (χ2n) is 4.63. The minimum Gasteiger partial charge on any atom is -0.480 e. The summed E-state index contributed by atoms with van der Waals surface area (Å²) in [6.07, 6.45) is 3.10. The Morgan fingerprint density at radius 2 is 2.09 bits per heavy atom. The lowest BCUT2D eigenvalue weighted by atomic mass is 10.2. The van der Waals surface area contributed by atoms with Crippen molar-refractivity contribution in [3.8, 4) is 5.69 Å². The Labute approximate surface area is 127 Å². The van der Waals surface area contributed by atoms with Crippen molar-refractivity contribution in [2.75, 3.05) is 13.7 Å². The molecule has 1 amide bonds. The molecule has 0 saturated carbocycles. The Balaban J connectivity index is 2.16. The molecule has 2 aromatic rings. The summed E-state index contributed by atoms with van der Waals surface area (Å²) in [7, 11) is 1.48. The van der Waals surface area contributed by atoms with Gasteiger partial charge < -0.3 is 15.2 Å². The van der Waals surface area contributed by atoms with Crippen LogP contribution in [0.5, 0.6) is 0 Å². The topological polar surface area (TPSA) is 93.5 Å². The van der Waals surface area contributed by atoms with Crippen molar-refractivity contribution >= 4 is 11.9 Å². The van der Waals surface area contributed by atoms with E-state index in [4.69, 9.17) is 9.84 Å². The number of methoxy groups -OCH3 is 1. The van der Waals surface area contributed by atoms with Crippen LogP contribution in [0.4, 0.5) is 0 Å². The SMILES string of the molecule is COCCC(NC(=O)c1cncn1-c1ccccc1)C(=O)O. The molecule has 0 aliphatic rings. The largest absolute Gasteiger partial charge is 0.480 e. The number of ether oxygens (including phenoxy) is 1. The fourth-order valence-corrected chi connectivity index (χ4v) is 1.98. The highest BCUT2D eigenvalue weighted by Gasteiger charge is 2.22. The van der Waals surface area contributed by atoms with Crippen LogP contribution in [0.1, 0.15) is 16.9 Å². The fourth-order valence-electron chi connectivity index (χ4n) is 1.98. The fraction of sp³-hybridized carbons (Fsp3) is 0.267. The van der Waals surface area contributed by atoms with Gasteiger partial charge in [0.2, 0.25) is 0 Å². The highest BCUT2D eigenvalue weighted by molar-refractivity contribution is 5.95. The van der Waals surface area contributed by atoms with E-state index in [0.29, 0.717) is 0 Å². The van der Waals surface area contributed by atoms with Crippen molar-refractivity contribution < 1.29 is 19.4 Å². The molecule has 1 unspecified atom stereocenters. The Bertz CT molecular complexity index is 639. The molecule has 2 rings (SSSR count). The van der Waals surface area contributed by atoms with Gasteiger partial charge >= 0.3 is 5.97 Å². The summed E-state index contributed by atoms with van der Waals surface area (Å²) in [5.41, 5.74) is 1.05. The molecule has 1 heterocycles. The highest BCUT2D eigenvalue weighted by atomic mass is 16.5. The molecule has 0 radical (unpaired) electrons. The number of carbonyl (C=O) groups excluding carboxylic acids is 1. The van der Waals surface area contributed by atoms with Crippen LogP contribution in [-0.2, 0) is 9.53 Å². The number of nitrogens with one attached hydrogen (secondary N) is 1. The van der Waals surface area contributed by atoms with Crippen LogP contribution in [0, 0.1) is 0 Å². The smallest absolute Gasteiger partial charge is 0.326 e. The van der Waals surface area contributed by atoms with Gasteiger partial charge in [0.15, 0.2) is 0 Å². The first-order valence-electron chi connectivity index (χ1n) is 6.74. The standard InChI is InChI=1S/C15H17N3O4/c1-22-8-7-12(15(20)21)17-14(19)13-9-16-10-18(13)11-5-3-2-4-6-11/h2-6,9-10,12H,7-8H2,1H3,(H,17,19)(H,20,21). The molecule has 116 valence electrons. The summed E-state index contributed by atoms with van der Waals surface area (Å²) in [5, 5.41) is 11.6. The van der Waals surface area contributed by atoms with Crippen LogP contribution >= 0.6 is 0 Å². The molecule has 7 nitrogen and oxygen atoms in total. The van der Waals surface area contributed by atoms with Crippen molar-refractivity contribution in [3.05, 3.63) is 48.5 Å². The van der Waals surface area contributed by atoms with Gasteiger partial charge in [0.25, 0.3) is 5.91 Å². The maximum Gasteiger partial charge on any atom is 0.326 e. The molecule has 1 atom stereocenters. The highest BCUT2D eigenvalue weighted by Crippen LogP contribution is 2.11. The summed E-state index contributed by atoms with van der Waals surface area (Å²) in [6, 6.07) is 8.21. The van der Waals surface area contributed by atoms with Gasteiger partial charge in [-0.2, -0.15) is 0 Å². The van der Waals surface area contributed by atoms with E-state index in [1.807, 2.05) is 30.3 Å². The molecule has 0 fully saturated rings. The second-order valence-corrected chi connectivity index (χ2v) is 4.63. The summed E-state index contributed by atoms with van der Waals surface area (Å²) in [5.74, 6) is -1.60. The van der Waals surface area contributed by atoms with Crippen LogP contribution < -0.4 is 5.32 Å². The lowest BCUT2D eigenvalue weighted by Gasteiger charge is -2.15.